The monoisotopic (exact) mass is 573 g/mol. The van der Waals surface area contributed by atoms with Crippen LogP contribution in [0, 0.1) is 0 Å². The van der Waals surface area contributed by atoms with Gasteiger partial charge in [0.2, 0.25) is 0 Å². The highest BCUT2D eigenvalue weighted by Crippen LogP contribution is 2.23. The van der Waals surface area contributed by atoms with E-state index >= 15 is 0 Å². The summed E-state index contributed by atoms with van der Waals surface area (Å²) < 4.78 is 0. The van der Waals surface area contributed by atoms with Crippen molar-refractivity contribution in [2.24, 2.45) is 0 Å². The molecule has 0 fully saturated rings. The lowest BCUT2D eigenvalue weighted by Gasteiger charge is -2.07. The first-order valence-corrected chi connectivity index (χ1v) is 18.7. The van der Waals surface area contributed by atoms with Crippen LogP contribution in [0.2, 0.25) is 0 Å². The average Bonchev–Trinajstić information content (AvgIpc) is 3.02. The minimum atomic E-state index is 1.21. The highest BCUT2D eigenvalue weighted by atomic mass is 14.1. The summed E-state index contributed by atoms with van der Waals surface area (Å²) in [6.45, 7) is 4.60. The first-order chi connectivity index (χ1) is 20.8. The standard InChI is InChI=1S/C42H68/c1-3-5-7-9-11-13-15-16-17-18-19-20-22-24-26-28-31-40-32-29-33-42(38-40)41-36-34-39(35-37-41)30-27-25-23-21-14-12-10-8-6-4-2/h27,29-30,32-38H,3-26,28,31H2,1-2H3. The molecule has 0 heterocycles. The van der Waals surface area contributed by atoms with Crippen LogP contribution in [0.5, 0.6) is 0 Å². The molecule has 0 nitrogen and oxygen atoms in total. The van der Waals surface area contributed by atoms with Crippen LogP contribution in [0.25, 0.3) is 17.2 Å². The fourth-order valence-electron chi connectivity index (χ4n) is 6.19. The second-order valence-electron chi connectivity index (χ2n) is 13.0. The molecule has 42 heavy (non-hydrogen) atoms. The Labute approximate surface area is 263 Å². The van der Waals surface area contributed by atoms with E-state index in [-0.39, 0.29) is 0 Å². The summed E-state index contributed by atoms with van der Waals surface area (Å²) in [6.07, 6.45) is 41.2. The maximum absolute atomic E-state index is 2.41. The molecule has 0 saturated heterocycles. The van der Waals surface area contributed by atoms with Crippen molar-refractivity contribution in [3.8, 4) is 11.1 Å². The minimum absolute atomic E-state index is 1.21. The van der Waals surface area contributed by atoms with E-state index in [2.05, 4.69) is 74.5 Å². The zero-order valence-electron chi connectivity index (χ0n) is 28.2. The molecule has 0 atom stereocenters. The number of hydrogen-bond donors (Lipinski definition) is 0. The van der Waals surface area contributed by atoms with Gasteiger partial charge in [-0.2, -0.15) is 0 Å². The van der Waals surface area contributed by atoms with E-state index < -0.39 is 0 Å². The van der Waals surface area contributed by atoms with Crippen molar-refractivity contribution in [1.82, 2.24) is 0 Å². The van der Waals surface area contributed by atoms with Gasteiger partial charge in [-0.25, -0.2) is 0 Å². The van der Waals surface area contributed by atoms with Gasteiger partial charge < -0.3 is 0 Å². The summed E-state index contributed by atoms with van der Waals surface area (Å²) in [5.74, 6) is 0. The number of unbranched alkanes of at least 4 members (excludes halogenated alkanes) is 23. The Hall–Kier alpha value is -1.82. The van der Waals surface area contributed by atoms with Crippen molar-refractivity contribution >= 4 is 6.08 Å². The van der Waals surface area contributed by atoms with Gasteiger partial charge in [-0.3, -0.25) is 0 Å². The van der Waals surface area contributed by atoms with E-state index in [9.17, 15) is 0 Å². The fraction of sp³-hybridized carbons (Fsp3) is 0.667. The molecule has 0 aromatic heterocycles. The minimum Gasteiger partial charge on any atom is -0.0839 e. The first-order valence-electron chi connectivity index (χ1n) is 18.7. The predicted octanol–water partition coefficient (Wildman–Crippen LogP) is 14.7. The van der Waals surface area contributed by atoms with E-state index in [1.807, 2.05) is 0 Å². The van der Waals surface area contributed by atoms with Gasteiger partial charge in [0.1, 0.15) is 0 Å². The van der Waals surface area contributed by atoms with Crippen LogP contribution >= 0.6 is 0 Å². The molecule has 2 aromatic carbocycles. The SMILES string of the molecule is CCCCCCCCCCC=Cc1ccc(-c2cccc(CCCCCCCCCCCCCCCCCC)c2)cc1. The molecule has 0 heteroatoms. The molecule has 0 spiro atoms. The molecule has 236 valence electrons. The summed E-state index contributed by atoms with van der Waals surface area (Å²) >= 11 is 0. The Bertz CT molecular complexity index is 873. The van der Waals surface area contributed by atoms with Crippen LogP contribution in [0.1, 0.15) is 185 Å². The van der Waals surface area contributed by atoms with Crippen LogP contribution in [-0.4, -0.2) is 0 Å². The van der Waals surface area contributed by atoms with Crippen molar-refractivity contribution in [2.75, 3.05) is 0 Å². The summed E-state index contributed by atoms with van der Waals surface area (Å²) in [6, 6.07) is 18.4. The molecule has 0 saturated carbocycles. The van der Waals surface area contributed by atoms with Crippen molar-refractivity contribution in [2.45, 2.75) is 181 Å². The molecule has 0 amide bonds. The van der Waals surface area contributed by atoms with Crippen LogP contribution in [0.15, 0.2) is 54.6 Å². The molecular weight excluding hydrogens is 504 g/mol. The molecule has 0 bridgehead atoms. The fourth-order valence-corrected chi connectivity index (χ4v) is 6.19. The Balaban J connectivity index is 1.50. The van der Waals surface area contributed by atoms with Gasteiger partial charge in [0.15, 0.2) is 0 Å². The van der Waals surface area contributed by atoms with E-state index in [1.54, 1.807) is 0 Å². The van der Waals surface area contributed by atoms with Crippen molar-refractivity contribution < 1.29 is 0 Å². The van der Waals surface area contributed by atoms with Crippen molar-refractivity contribution in [3.05, 3.63) is 65.7 Å². The van der Waals surface area contributed by atoms with E-state index in [1.165, 1.54) is 189 Å². The Morgan fingerprint density at radius 2 is 0.881 bits per heavy atom. The van der Waals surface area contributed by atoms with Crippen LogP contribution in [0.4, 0.5) is 0 Å². The van der Waals surface area contributed by atoms with Gasteiger partial charge in [-0.1, -0.05) is 216 Å². The molecular formula is C42H68. The zero-order chi connectivity index (χ0) is 29.8. The highest BCUT2D eigenvalue weighted by molar-refractivity contribution is 5.66. The van der Waals surface area contributed by atoms with Crippen LogP contribution in [0.3, 0.4) is 0 Å². The molecule has 0 radical (unpaired) electrons. The van der Waals surface area contributed by atoms with Gasteiger partial charge in [-0.05, 0) is 47.9 Å². The van der Waals surface area contributed by atoms with Crippen LogP contribution in [-0.2, 0) is 6.42 Å². The van der Waals surface area contributed by atoms with Crippen molar-refractivity contribution in [3.63, 3.8) is 0 Å². The molecule has 0 aliphatic rings. The molecule has 0 aliphatic carbocycles. The summed E-state index contributed by atoms with van der Waals surface area (Å²) in [5, 5.41) is 0. The number of aryl methyl sites for hydroxylation is 1. The van der Waals surface area contributed by atoms with Gasteiger partial charge in [0.25, 0.3) is 0 Å². The largest absolute Gasteiger partial charge is 0.0839 e. The maximum atomic E-state index is 2.41. The third-order valence-corrected chi connectivity index (χ3v) is 9.02. The van der Waals surface area contributed by atoms with E-state index in [0.717, 1.165) is 0 Å². The van der Waals surface area contributed by atoms with E-state index in [4.69, 9.17) is 0 Å². The second kappa shape index (κ2) is 26.8. The molecule has 2 aromatic rings. The number of allylic oxidation sites excluding steroid dienone is 1. The normalized spacial score (nSPS) is 11.6. The third kappa shape index (κ3) is 19.4. The lowest BCUT2D eigenvalue weighted by Crippen LogP contribution is -1.88. The lowest BCUT2D eigenvalue weighted by atomic mass is 9.98. The predicted molar refractivity (Wildman–Crippen MR) is 191 cm³/mol. The molecule has 2 rings (SSSR count). The Morgan fingerprint density at radius 3 is 1.38 bits per heavy atom. The summed E-state index contributed by atoms with van der Waals surface area (Å²) in [4.78, 5) is 0. The topological polar surface area (TPSA) is 0 Å². The first kappa shape index (κ1) is 36.4. The van der Waals surface area contributed by atoms with Crippen molar-refractivity contribution in [1.29, 1.82) is 0 Å². The second-order valence-corrected chi connectivity index (χ2v) is 13.0. The molecule has 0 unspecified atom stereocenters. The van der Waals surface area contributed by atoms with Gasteiger partial charge in [0, 0.05) is 0 Å². The van der Waals surface area contributed by atoms with Gasteiger partial charge in [0.05, 0.1) is 0 Å². The highest BCUT2D eigenvalue weighted by Gasteiger charge is 2.01. The number of benzene rings is 2. The number of rotatable bonds is 28. The quantitative estimate of drug-likeness (QED) is 0.0889. The van der Waals surface area contributed by atoms with Gasteiger partial charge >= 0.3 is 0 Å². The van der Waals surface area contributed by atoms with Gasteiger partial charge in [-0.15, -0.1) is 0 Å². The average molecular weight is 573 g/mol. The third-order valence-electron chi connectivity index (χ3n) is 9.02. The molecule has 0 aliphatic heterocycles. The summed E-state index contributed by atoms with van der Waals surface area (Å²) in [5.41, 5.74) is 5.51. The Morgan fingerprint density at radius 1 is 0.429 bits per heavy atom. The lowest BCUT2D eigenvalue weighted by molar-refractivity contribution is 0.529. The maximum Gasteiger partial charge on any atom is -0.0181 e. The number of hydrogen-bond acceptors (Lipinski definition) is 0. The van der Waals surface area contributed by atoms with Crippen LogP contribution < -0.4 is 0 Å². The van der Waals surface area contributed by atoms with E-state index in [0.29, 0.717) is 0 Å². The smallest absolute Gasteiger partial charge is 0.0181 e. The molecule has 0 N–H and O–H groups in total. The zero-order valence-corrected chi connectivity index (χ0v) is 28.2. The Kier molecular flexibility index (Phi) is 23.2. The summed E-state index contributed by atoms with van der Waals surface area (Å²) in [7, 11) is 0.